The van der Waals surface area contributed by atoms with E-state index in [1.54, 1.807) is 12.1 Å². The van der Waals surface area contributed by atoms with E-state index in [0.29, 0.717) is 5.69 Å². The predicted molar refractivity (Wildman–Crippen MR) is 55.4 cm³/mol. The van der Waals surface area contributed by atoms with Gasteiger partial charge in [0.15, 0.2) is 0 Å². The molecule has 0 aliphatic carbocycles. The molecule has 0 saturated carbocycles. The van der Waals surface area contributed by atoms with E-state index in [1.165, 1.54) is 0 Å². The van der Waals surface area contributed by atoms with E-state index >= 15 is 0 Å². The molecule has 0 atom stereocenters. The van der Waals surface area contributed by atoms with E-state index in [0.717, 1.165) is 5.56 Å². The number of carboxylic acids is 1. The minimum atomic E-state index is -1.08. The van der Waals surface area contributed by atoms with E-state index in [2.05, 4.69) is 10.2 Å². The van der Waals surface area contributed by atoms with Crippen molar-refractivity contribution < 1.29 is 9.90 Å². The normalized spacial score (nSPS) is 10.1. The van der Waals surface area contributed by atoms with Crippen LogP contribution in [0.25, 0.3) is 11.3 Å². The highest BCUT2D eigenvalue weighted by Gasteiger charge is 2.18. The Kier molecular flexibility index (Phi) is 2.13. The smallest absolute Gasteiger partial charge is 0.341 e. The fourth-order valence-electron chi connectivity index (χ4n) is 1.38. The average Bonchev–Trinajstić information content (AvgIpc) is 2.61. The lowest BCUT2D eigenvalue weighted by molar-refractivity contribution is 0.0699. The Morgan fingerprint density at radius 3 is 2.60 bits per heavy atom. The van der Waals surface area contributed by atoms with Crippen LogP contribution in [0.5, 0.6) is 0 Å². The molecule has 5 heteroatoms. The van der Waals surface area contributed by atoms with Crippen LogP contribution in [-0.4, -0.2) is 21.3 Å². The zero-order valence-electron chi connectivity index (χ0n) is 7.77. The van der Waals surface area contributed by atoms with E-state index < -0.39 is 5.97 Å². The zero-order chi connectivity index (χ0) is 10.8. The summed E-state index contributed by atoms with van der Waals surface area (Å²) >= 11 is 0. The van der Waals surface area contributed by atoms with E-state index in [-0.39, 0.29) is 11.4 Å². The lowest BCUT2D eigenvalue weighted by Gasteiger charge is -1.97. The fraction of sp³-hybridized carbons (Fsp3) is 0. The first-order chi connectivity index (χ1) is 7.20. The number of benzene rings is 1. The number of rotatable bonds is 2. The largest absolute Gasteiger partial charge is 0.477 e. The van der Waals surface area contributed by atoms with Crippen LogP contribution in [0, 0.1) is 0 Å². The van der Waals surface area contributed by atoms with Gasteiger partial charge in [0.25, 0.3) is 0 Å². The summed E-state index contributed by atoms with van der Waals surface area (Å²) in [6.07, 6.45) is 0. The van der Waals surface area contributed by atoms with Crippen LogP contribution in [-0.2, 0) is 0 Å². The van der Waals surface area contributed by atoms with Gasteiger partial charge in [-0.3, -0.25) is 5.10 Å². The van der Waals surface area contributed by atoms with Crippen molar-refractivity contribution in [2.45, 2.75) is 0 Å². The molecular formula is C10H9N3O2. The van der Waals surface area contributed by atoms with Gasteiger partial charge in [-0.2, -0.15) is 5.10 Å². The third kappa shape index (κ3) is 1.54. The average molecular weight is 203 g/mol. The van der Waals surface area contributed by atoms with E-state index in [1.807, 2.05) is 18.2 Å². The molecule has 0 bridgehead atoms. The molecular weight excluding hydrogens is 194 g/mol. The maximum Gasteiger partial charge on any atom is 0.341 e. The molecule has 2 aromatic rings. The molecule has 1 aromatic carbocycles. The summed E-state index contributed by atoms with van der Waals surface area (Å²) in [6.45, 7) is 0. The zero-order valence-corrected chi connectivity index (χ0v) is 7.77. The van der Waals surface area contributed by atoms with E-state index in [9.17, 15) is 4.79 Å². The number of aromatic nitrogens is 2. The minimum Gasteiger partial charge on any atom is -0.477 e. The van der Waals surface area contributed by atoms with Gasteiger partial charge in [0.2, 0.25) is 0 Å². The third-order valence-corrected chi connectivity index (χ3v) is 2.06. The molecule has 0 aliphatic heterocycles. The summed E-state index contributed by atoms with van der Waals surface area (Å²) in [5.74, 6) is -1.01. The van der Waals surface area contributed by atoms with Crippen LogP contribution in [0.4, 0.5) is 5.82 Å². The third-order valence-electron chi connectivity index (χ3n) is 2.06. The number of hydrogen-bond acceptors (Lipinski definition) is 3. The first-order valence-corrected chi connectivity index (χ1v) is 4.32. The first kappa shape index (κ1) is 9.26. The molecule has 0 spiro atoms. The van der Waals surface area contributed by atoms with Gasteiger partial charge in [-0.25, -0.2) is 4.79 Å². The van der Waals surface area contributed by atoms with Crippen LogP contribution in [0.1, 0.15) is 10.4 Å². The number of nitrogens with two attached hydrogens (primary N) is 1. The maximum atomic E-state index is 10.9. The fourth-order valence-corrected chi connectivity index (χ4v) is 1.38. The quantitative estimate of drug-likeness (QED) is 0.687. The second-order valence-electron chi connectivity index (χ2n) is 3.03. The number of nitrogens with zero attached hydrogens (tertiary/aromatic N) is 1. The van der Waals surface area contributed by atoms with E-state index in [4.69, 9.17) is 10.8 Å². The van der Waals surface area contributed by atoms with Crippen LogP contribution in [0.2, 0.25) is 0 Å². The topological polar surface area (TPSA) is 92.0 Å². The first-order valence-electron chi connectivity index (χ1n) is 4.32. The highest BCUT2D eigenvalue weighted by atomic mass is 16.4. The number of nitrogens with one attached hydrogen (secondary N) is 1. The van der Waals surface area contributed by atoms with Crippen LogP contribution < -0.4 is 5.73 Å². The molecule has 2 rings (SSSR count). The number of hydrogen-bond donors (Lipinski definition) is 3. The van der Waals surface area contributed by atoms with Crippen LogP contribution >= 0.6 is 0 Å². The van der Waals surface area contributed by atoms with Crippen LogP contribution in [0.3, 0.4) is 0 Å². The summed E-state index contributed by atoms with van der Waals surface area (Å²) in [7, 11) is 0. The highest BCUT2D eigenvalue weighted by molar-refractivity contribution is 5.99. The highest BCUT2D eigenvalue weighted by Crippen LogP contribution is 2.24. The number of nitrogen functional groups attached to an aromatic ring is 1. The van der Waals surface area contributed by atoms with Crippen molar-refractivity contribution in [2.75, 3.05) is 5.73 Å². The van der Waals surface area contributed by atoms with Crippen molar-refractivity contribution in [2.24, 2.45) is 0 Å². The van der Waals surface area contributed by atoms with Crippen molar-refractivity contribution in [1.29, 1.82) is 0 Å². The number of H-pyrrole nitrogens is 1. The molecule has 0 amide bonds. The van der Waals surface area contributed by atoms with Gasteiger partial charge in [-0.15, -0.1) is 0 Å². The Balaban J connectivity index is 2.59. The second kappa shape index (κ2) is 3.45. The summed E-state index contributed by atoms with van der Waals surface area (Å²) in [5, 5.41) is 15.3. The molecule has 1 aromatic heterocycles. The van der Waals surface area contributed by atoms with Crippen molar-refractivity contribution >= 4 is 11.8 Å². The minimum absolute atomic E-state index is 0.0150. The summed E-state index contributed by atoms with van der Waals surface area (Å²) < 4.78 is 0. The molecule has 0 radical (unpaired) electrons. The maximum absolute atomic E-state index is 10.9. The number of anilines is 1. The van der Waals surface area contributed by atoms with Crippen molar-refractivity contribution in [3.63, 3.8) is 0 Å². The second-order valence-corrected chi connectivity index (χ2v) is 3.03. The van der Waals surface area contributed by atoms with Gasteiger partial charge in [0.05, 0.1) is 0 Å². The molecule has 0 fully saturated rings. The van der Waals surface area contributed by atoms with Crippen molar-refractivity contribution in [3.8, 4) is 11.3 Å². The van der Waals surface area contributed by atoms with Crippen molar-refractivity contribution in [1.82, 2.24) is 10.2 Å². The summed E-state index contributed by atoms with van der Waals surface area (Å²) in [4.78, 5) is 10.9. The summed E-state index contributed by atoms with van der Waals surface area (Å²) in [6, 6.07) is 9.03. The predicted octanol–water partition coefficient (Wildman–Crippen LogP) is 1.36. The van der Waals surface area contributed by atoms with Gasteiger partial charge in [0.1, 0.15) is 17.1 Å². The molecule has 5 nitrogen and oxygen atoms in total. The molecule has 15 heavy (non-hydrogen) atoms. The number of aromatic amines is 1. The molecule has 0 unspecified atom stereocenters. The SMILES string of the molecule is Nc1[nH]nc(-c2ccccc2)c1C(=O)O. The number of aromatic carboxylic acids is 1. The van der Waals surface area contributed by atoms with Gasteiger partial charge < -0.3 is 10.8 Å². The molecule has 4 N–H and O–H groups in total. The Morgan fingerprint density at radius 1 is 1.33 bits per heavy atom. The molecule has 76 valence electrons. The summed E-state index contributed by atoms with van der Waals surface area (Å²) in [5.41, 5.74) is 6.58. The van der Waals surface area contributed by atoms with Gasteiger partial charge in [-0.05, 0) is 0 Å². The Bertz CT molecular complexity index is 491. The lowest BCUT2D eigenvalue weighted by atomic mass is 10.1. The molecule has 0 aliphatic rings. The monoisotopic (exact) mass is 203 g/mol. The molecule has 1 heterocycles. The number of carboxylic acid groups (broad SMARTS) is 1. The lowest BCUT2D eigenvalue weighted by Crippen LogP contribution is -2.01. The van der Waals surface area contributed by atoms with Crippen LogP contribution in [0.15, 0.2) is 30.3 Å². The Labute approximate surface area is 85.5 Å². The Hall–Kier alpha value is -2.30. The van der Waals surface area contributed by atoms with Crippen molar-refractivity contribution in [3.05, 3.63) is 35.9 Å². The van der Waals surface area contributed by atoms with Gasteiger partial charge in [-0.1, -0.05) is 30.3 Å². The standard InChI is InChI=1S/C10H9N3O2/c11-9-7(10(14)15)8(12-13-9)6-4-2-1-3-5-6/h1-5H,(H,14,15)(H3,11,12,13). The number of carbonyl (C=O) groups is 1. The van der Waals surface area contributed by atoms with Gasteiger partial charge >= 0.3 is 5.97 Å². The Morgan fingerprint density at radius 2 is 2.00 bits per heavy atom. The van der Waals surface area contributed by atoms with Gasteiger partial charge in [0, 0.05) is 5.56 Å². The molecule has 0 saturated heterocycles.